The van der Waals surface area contributed by atoms with Crippen LogP contribution in [0.1, 0.15) is 94.7 Å². The molecule has 1 aliphatic carbocycles. The highest BCUT2D eigenvalue weighted by Gasteiger charge is 2.49. The predicted octanol–water partition coefficient (Wildman–Crippen LogP) is 8.13. The first kappa shape index (κ1) is 29.5. The molecule has 3 atom stereocenters. The molecule has 4 nitrogen and oxygen atoms in total. The van der Waals surface area contributed by atoms with Crippen LogP contribution >= 0.6 is 11.3 Å². The van der Waals surface area contributed by atoms with Gasteiger partial charge in [0.15, 0.2) is 0 Å². The van der Waals surface area contributed by atoms with Gasteiger partial charge in [-0.1, -0.05) is 46.8 Å². The fourth-order valence-electron chi connectivity index (χ4n) is 7.20. The van der Waals surface area contributed by atoms with Gasteiger partial charge >= 0.3 is 0 Å². The number of carbonyl (C=O) groups is 1. The van der Waals surface area contributed by atoms with Gasteiger partial charge in [-0.05, 0) is 86.9 Å². The smallest absolute Gasteiger partial charge is 0.206 e. The Hall–Kier alpha value is -2.50. The number of ether oxygens (including phenoxy) is 1. The third-order valence-corrected chi connectivity index (χ3v) is 10.7. The lowest BCUT2D eigenvalue weighted by atomic mass is 9.75. The second kappa shape index (κ2) is 10.5. The zero-order valence-electron chi connectivity index (χ0n) is 25.9. The Balaban J connectivity index is 1.74. The Bertz CT molecular complexity index is 1400. The van der Waals surface area contributed by atoms with Crippen LogP contribution in [0.15, 0.2) is 30.5 Å². The molecule has 0 amide bonds. The van der Waals surface area contributed by atoms with Gasteiger partial charge in [0.1, 0.15) is 0 Å². The second-order valence-electron chi connectivity index (χ2n) is 12.9. The molecule has 210 valence electrons. The van der Waals surface area contributed by atoms with Gasteiger partial charge in [-0.2, -0.15) is 0 Å². The summed E-state index contributed by atoms with van der Waals surface area (Å²) < 4.78 is 5.93. The topological polar surface area (TPSA) is 42.4 Å². The van der Waals surface area contributed by atoms with Crippen LogP contribution in [-0.4, -0.2) is 37.1 Å². The number of pyridine rings is 1. The zero-order valence-corrected chi connectivity index (χ0v) is 26.8. The number of aryl methyl sites for hydroxylation is 3. The molecule has 0 bridgehead atoms. The number of hydrogen-bond donors (Lipinski definition) is 0. The molecule has 5 heteroatoms. The van der Waals surface area contributed by atoms with Gasteiger partial charge in [0, 0.05) is 47.8 Å². The molecular formula is C34H46N2O2S. The van der Waals surface area contributed by atoms with Gasteiger partial charge in [0.05, 0.1) is 22.2 Å². The van der Waals surface area contributed by atoms with Crippen molar-refractivity contribution in [3.63, 3.8) is 0 Å². The summed E-state index contributed by atoms with van der Waals surface area (Å²) in [5, 5.41) is 0. The number of rotatable bonds is 7. The quantitative estimate of drug-likeness (QED) is 0.281. The molecule has 2 heterocycles. The normalized spacial score (nSPS) is 20.9. The fourth-order valence-corrected chi connectivity index (χ4v) is 8.33. The van der Waals surface area contributed by atoms with E-state index < -0.39 is 0 Å². The summed E-state index contributed by atoms with van der Waals surface area (Å²) >= 11 is 1.60. The Labute approximate surface area is 239 Å². The molecule has 1 fully saturated rings. The van der Waals surface area contributed by atoms with Crippen LogP contribution in [-0.2, 0) is 10.2 Å². The Morgan fingerprint density at radius 3 is 2.36 bits per heavy atom. The van der Waals surface area contributed by atoms with Gasteiger partial charge in [-0.3, -0.25) is 9.78 Å². The minimum Gasteiger partial charge on any atom is -0.381 e. The average Bonchev–Trinajstić information content (AvgIpc) is 3.37. The molecule has 1 aliphatic rings. The van der Waals surface area contributed by atoms with E-state index in [0.29, 0.717) is 11.5 Å². The fraction of sp³-hybridized carbons (Fsp3) is 0.529. The molecule has 4 rings (SSSR count). The SMILES string of the molecule is CO[C@@H]1C(C)C[C@@H](N(C)c2cc(C)ncc2C(=O)c2cc(C(C)(C)c3ccc(C)c(C)c3C)c(C)s2)C1(C)C. The van der Waals surface area contributed by atoms with Crippen molar-refractivity contribution in [3.8, 4) is 0 Å². The van der Waals surface area contributed by atoms with Crippen molar-refractivity contribution in [2.45, 2.75) is 93.2 Å². The summed E-state index contributed by atoms with van der Waals surface area (Å²) in [4.78, 5) is 23.0. The minimum atomic E-state index is -0.216. The number of aromatic nitrogens is 1. The van der Waals surface area contributed by atoms with Crippen molar-refractivity contribution in [3.05, 3.63) is 79.3 Å². The third kappa shape index (κ3) is 4.97. The number of hydrogen-bond acceptors (Lipinski definition) is 5. The van der Waals surface area contributed by atoms with Crippen molar-refractivity contribution in [1.82, 2.24) is 4.98 Å². The van der Waals surface area contributed by atoms with Crippen LogP contribution in [0.2, 0.25) is 0 Å². The summed E-state index contributed by atoms with van der Waals surface area (Å²) in [7, 11) is 3.94. The Morgan fingerprint density at radius 1 is 1.08 bits per heavy atom. The Kier molecular flexibility index (Phi) is 7.92. The molecular weight excluding hydrogens is 500 g/mol. The molecule has 0 saturated heterocycles. The maximum absolute atomic E-state index is 14.2. The van der Waals surface area contributed by atoms with E-state index in [1.807, 2.05) is 14.0 Å². The van der Waals surface area contributed by atoms with Gasteiger partial charge in [0.2, 0.25) is 5.78 Å². The molecule has 1 aromatic carbocycles. The zero-order chi connectivity index (χ0) is 29.0. The maximum atomic E-state index is 14.2. The minimum absolute atomic E-state index is 0.0449. The standard InChI is InChI=1S/C34H46N2O2S/c1-19-13-14-26(23(5)22(19)4)33(7,8)27-17-29(39-24(27)6)31(37)25-18-35-21(3)16-28(25)36(11)30-15-20(2)32(38-12)34(30,9)10/h13-14,16-18,20,30,32H,15H2,1-12H3/t20?,30-,32-/m1/s1. The average molecular weight is 547 g/mol. The molecule has 2 aromatic heterocycles. The van der Waals surface area contributed by atoms with Crippen LogP contribution in [0.3, 0.4) is 0 Å². The number of carbonyl (C=O) groups excluding carboxylic acids is 1. The highest BCUT2D eigenvalue weighted by atomic mass is 32.1. The Morgan fingerprint density at radius 2 is 1.74 bits per heavy atom. The third-order valence-electron chi connectivity index (χ3n) is 9.62. The van der Waals surface area contributed by atoms with E-state index in [1.165, 1.54) is 32.7 Å². The predicted molar refractivity (Wildman–Crippen MR) is 165 cm³/mol. The molecule has 0 aliphatic heterocycles. The lowest BCUT2D eigenvalue weighted by Crippen LogP contribution is -2.44. The van der Waals surface area contributed by atoms with Gasteiger partial charge in [-0.25, -0.2) is 0 Å². The van der Waals surface area contributed by atoms with E-state index in [1.54, 1.807) is 17.5 Å². The number of methoxy groups -OCH3 is 1. The number of thiophene rings is 1. The first-order valence-electron chi connectivity index (χ1n) is 14.1. The second-order valence-corrected chi connectivity index (χ2v) is 14.1. The molecule has 1 unspecified atom stereocenters. The van der Waals surface area contributed by atoms with Gasteiger partial charge in [0.25, 0.3) is 0 Å². The highest BCUT2D eigenvalue weighted by molar-refractivity contribution is 7.14. The first-order valence-corrected chi connectivity index (χ1v) is 14.9. The maximum Gasteiger partial charge on any atom is 0.206 e. The molecule has 0 spiro atoms. The number of benzene rings is 1. The molecule has 3 aromatic rings. The number of anilines is 1. The molecule has 1 saturated carbocycles. The summed E-state index contributed by atoms with van der Waals surface area (Å²) in [5.41, 5.74) is 8.76. The largest absolute Gasteiger partial charge is 0.381 e. The van der Waals surface area contributed by atoms with Crippen LogP contribution in [0, 0.1) is 46.0 Å². The summed E-state index contributed by atoms with van der Waals surface area (Å²) in [6.07, 6.45) is 2.96. The van der Waals surface area contributed by atoms with Crippen LogP contribution in [0.25, 0.3) is 0 Å². The van der Waals surface area contributed by atoms with E-state index in [0.717, 1.165) is 22.7 Å². The van der Waals surface area contributed by atoms with Gasteiger partial charge < -0.3 is 9.64 Å². The molecule has 0 radical (unpaired) electrons. The summed E-state index contributed by atoms with van der Waals surface area (Å²) in [5.74, 6) is 0.488. The molecule has 39 heavy (non-hydrogen) atoms. The van der Waals surface area contributed by atoms with E-state index in [2.05, 4.69) is 104 Å². The van der Waals surface area contributed by atoms with Crippen molar-refractivity contribution in [2.75, 3.05) is 19.1 Å². The van der Waals surface area contributed by atoms with Gasteiger partial charge in [-0.15, -0.1) is 11.3 Å². The molecule has 0 N–H and O–H groups in total. The lowest BCUT2D eigenvalue weighted by molar-refractivity contribution is 0.00214. The van der Waals surface area contributed by atoms with E-state index >= 15 is 0 Å². The first-order chi connectivity index (χ1) is 18.1. The van der Waals surface area contributed by atoms with Crippen LogP contribution < -0.4 is 4.90 Å². The van der Waals surface area contributed by atoms with E-state index in [9.17, 15) is 4.79 Å². The number of nitrogens with zero attached hydrogens (tertiary/aromatic N) is 2. The van der Waals surface area contributed by atoms with E-state index in [4.69, 9.17) is 4.74 Å². The lowest BCUT2D eigenvalue weighted by Gasteiger charge is -2.39. The van der Waals surface area contributed by atoms with Crippen LogP contribution in [0.5, 0.6) is 0 Å². The van der Waals surface area contributed by atoms with Crippen LogP contribution in [0.4, 0.5) is 5.69 Å². The van der Waals surface area contributed by atoms with Crippen molar-refractivity contribution >= 4 is 22.8 Å². The van der Waals surface area contributed by atoms with Crippen molar-refractivity contribution < 1.29 is 9.53 Å². The summed E-state index contributed by atoms with van der Waals surface area (Å²) in [6, 6.07) is 8.91. The highest BCUT2D eigenvalue weighted by Crippen LogP contribution is 2.47. The van der Waals surface area contributed by atoms with E-state index in [-0.39, 0.29) is 28.8 Å². The monoisotopic (exact) mass is 546 g/mol. The van der Waals surface area contributed by atoms with Crippen molar-refractivity contribution in [1.29, 1.82) is 0 Å². The number of ketones is 1. The van der Waals surface area contributed by atoms with Crippen molar-refractivity contribution in [2.24, 2.45) is 11.3 Å². The summed E-state index contributed by atoms with van der Waals surface area (Å²) in [6.45, 7) is 22.1.